The van der Waals surface area contributed by atoms with Crippen molar-refractivity contribution in [1.29, 1.82) is 0 Å². The van der Waals surface area contributed by atoms with Crippen molar-refractivity contribution in [1.82, 2.24) is 15.6 Å². The molecule has 2 N–H and O–H groups in total. The number of fused-ring (bicyclic) bond motifs is 2. The molecule has 2 aromatic rings. The Bertz CT molecular complexity index is 1190. The van der Waals surface area contributed by atoms with Crippen LogP contribution in [-0.2, 0) is 4.79 Å². The summed E-state index contributed by atoms with van der Waals surface area (Å²) in [6.07, 6.45) is -5.11. The van der Waals surface area contributed by atoms with E-state index >= 15 is 0 Å². The highest BCUT2D eigenvalue weighted by Gasteiger charge is 2.43. The Kier molecular flexibility index (Phi) is 8.08. The van der Waals surface area contributed by atoms with Crippen LogP contribution in [0.4, 0.5) is 32.2 Å². The molecular weight excluding hydrogens is 546 g/mol. The van der Waals surface area contributed by atoms with Gasteiger partial charge in [0.25, 0.3) is 11.8 Å². The zero-order chi connectivity index (χ0) is 29.3. The highest BCUT2D eigenvalue weighted by atomic mass is 19.4. The van der Waals surface area contributed by atoms with Crippen LogP contribution in [-0.4, -0.2) is 59.6 Å². The molecule has 2 aliphatic heterocycles. The van der Waals surface area contributed by atoms with E-state index in [-0.39, 0.29) is 35.3 Å². The van der Waals surface area contributed by atoms with Gasteiger partial charge in [-0.2, -0.15) is 13.2 Å². The van der Waals surface area contributed by atoms with Gasteiger partial charge in [0.05, 0.1) is 5.56 Å². The molecule has 2 bridgehead atoms. The predicted octanol–water partition coefficient (Wildman–Crippen LogP) is 4.75. The van der Waals surface area contributed by atoms with Crippen molar-refractivity contribution in [2.45, 2.75) is 75.8 Å². The monoisotopic (exact) mass is 574 g/mol. The first-order chi connectivity index (χ1) is 18.6. The summed E-state index contributed by atoms with van der Waals surface area (Å²) in [6.45, 7) is 1.69. The molecule has 2 aliphatic rings. The number of amides is 2. The molecule has 0 saturated carbocycles. The highest BCUT2D eigenvalue weighted by molar-refractivity contribution is 5.94. The van der Waals surface area contributed by atoms with Crippen molar-refractivity contribution >= 4 is 17.6 Å². The van der Waals surface area contributed by atoms with Crippen LogP contribution in [0, 0.1) is 0 Å². The number of halogens is 6. The van der Waals surface area contributed by atoms with Gasteiger partial charge in [-0.1, -0.05) is 0 Å². The molecule has 1 aromatic carbocycles. The van der Waals surface area contributed by atoms with Gasteiger partial charge < -0.3 is 25.0 Å². The number of carbonyl (C=O) groups excluding carboxylic acids is 2. The average molecular weight is 575 g/mol. The Morgan fingerprint density at radius 3 is 2.00 bits per heavy atom. The molecule has 4 rings (SSSR count). The van der Waals surface area contributed by atoms with Gasteiger partial charge in [0.1, 0.15) is 23.9 Å². The Labute approximate surface area is 226 Å². The van der Waals surface area contributed by atoms with Crippen LogP contribution in [0.2, 0.25) is 0 Å². The number of piperidine rings is 1. The summed E-state index contributed by atoms with van der Waals surface area (Å²) < 4.78 is 83.8. The first-order valence-corrected chi connectivity index (χ1v) is 12.5. The molecule has 40 heavy (non-hydrogen) atoms. The van der Waals surface area contributed by atoms with Crippen LogP contribution in [0.5, 0.6) is 11.5 Å². The number of carbonyl (C=O) groups is 2. The van der Waals surface area contributed by atoms with Gasteiger partial charge in [0.15, 0.2) is 5.60 Å². The van der Waals surface area contributed by atoms with E-state index in [1.54, 1.807) is 19.9 Å². The lowest BCUT2D eigenvalue weighted by Crippen LogP contribution is -2.55. The van der Waals surface area contributed by atoms with E-state index < -0.39 is 36.3 Å². The van der Waals surface area contributed by atoms with Crippen molar-refractivity contribution < 1.29 is 45.4 Å². The molecule has 1 unspecified atom stereocenters. The summed E-state index contributed by atoms with van der Waals surface area (Å²) >= 11 is 0. The Morgan fingerprint density at radius 2 is 1.50 bits per heavy atom. The SMILES string of the molecule is CC(C)(Oc1ccc(OC(F)(F)F)cc1)C(=O)NC1C[C@H]2CC[C@@H](C1)N2c1ccc(C(=O)NCC(F)(F)F)cn1. The maximum absolute atomic E-state index is 13.1. The van der Waals surface area contributed by atoms with Crippen molar-refractivity contribution in [3.8, 4) is 11.5 Å². The number of anilines is 1. The summed E-state index contributed by atoms with van der Waals surface area (Å²) in [4.78, 5) is 31.4. The fourth-order valence-electron chi connectivity index (χ4n) is 5.03. The number of nitrogens with zero attached hydrogens (tertiary/aromatic N) is 2. The Hall–Kier alpha value is -3.71. The van der Waals surface area contributed by atoms with Gasteiger partial charge in [-0.3, -0.25) is 9.59 Å². The normalized spacial score (nSPS) is 21.1. The first-order valence-electron chi connectivity index (χ1n) is 12.5. The summed E-state index contributed by atoms with van der Waals surface area (Å²) in [5.74, 6) is -0.847. The lowest BCUT2D eigenvalue weighted by molar-refractivity contribution is -0.274. The second kappa shape index (κ2) is 11.0. The molecule has 3 atom stereocenters. The number of alkyl halides is 6. The third kappa shape index (κ3) is 7.48. The van der Waals surface area contributed by atoms with E-state index in [2.05, 4.69) is 19.9 Å². The fraction of sp³-hybridized carbons (Fsp3) is 0.500. The minimum Gasteiger partial charge on any atom is -0.478 e. The molecule has 14 heteroatoms. The topological polar surface area (TPSA) is 92.8 Å². The number of pyridine rings is 1. The van der Waals surface area contributed by atoms with Crippen LogP contribution in [0.3, 0.4) is 0 Å². The number of benzene rings is 1. The molecule has 3 heterocycles. The largest absolute Gasteiger partial charge is 0.573 e. The lowest BCUT2D eigenvalue weighted by atomic mass is 9.96. The minimum absolute atomic E-state index is 0.0206. The van der Waals surface area contributed by atoms with E-state index in [4.69, 9.17) is 4.74 Å². The number of rotatable bonds is 8. The highest BCUT2D eigenvalue weighted by Crippen LogP contribution is 2.39. The second-order valence-electron chi connectivity index (χ2n) is 10.3. The smallest absolute Gasteiger partial charge is 0.478 e. The van der Waals surface area contributed by atoms with Gasteiger partial charge in [-0.15, -0.1) is 13.2 Å². The molecule has 0 aliphatic carbocycles. The van der Waals surface area contributed by atoms with Gasteiger partial charge >= 0.3 is 12.5 Å². The lowest BCUT2D eigenvalue weighted by Gasteiger charge is -2.40. The standard InChI is InChI=1S/C26H28F6N4O4/c1-24(2,39-19-6-8-20(9-7-19)40-26(30,31)32)23(38)35-16-11-17-4-5-18(12-16)36(17)21-10-3-15(13-33-21)22(37)34-14-25(27,28)29/h3,6-10,13,16-18H,4-5,11-12,14H2,1-2H3,(H,34,37)(H,35,38)/t16?,17-,18+. The van der Waals surface area contributed by atoms with Gasteiger partial charge in [-0.05, 0) is 75.9 Å². The second-order valence-corrected chi connectivity index (χ2v) is 10.3. The molecule has 1 aromatic heterocycles. The first kappa shape index (κ1) is 29.3. The molecule has 0 radical (unpaired) electrons. The van der Waals surface area contributed by atoms with Crippen LogP contribution in [0.1, 0.15) is 49.9 Å². The minimum atomic E-state index is -4.81. The third-order valence-corrected chi connectivity index (χ3v) is 6.77. The van der Waals surface area contributed by atoms with Crippen molar-refractivity contribution in [3.63, 3.8) is 0 Å². The van der Waals surface area contributed by atoms with Crippen LogP contribution < -0.4 is 25.0 Å². The molecular formula is C26H28F6N4O4. The average Bonchev–Trinajstić information content (AvgIpc) is 3.12. The number of ether oxygens (including phenoxy) is 2. The number of aromatic nitrogens is 1. The number of hydrogen-bond acceptors (Lipinski definition) is 6. The third-order valence-electron chi connectivity index (χ3n) is 6.77. The van der Waals surface area contributed by atoms with Crippen molar-refractivity contribution in [2.75, 3.05) is 11.4 Å². The summed E-state index contributed by atoms with van der Waals surface area (Å²) in [6, 6.07) is 7.77. The summed E-state index contributed by atoms with van der Waals surface area (Å²) in [7, 11) is 0. The van der Waals surface area contributed by atoms with Crippen LogP contribution in [0.25, 0.3) is 0 Å². The zero-order valence-electron chi connectivity index (χ0n) is 21.6. The Morgan fingerprint density at radius 1 is 0.925 bits per heavy atom. The number of hydrogen-bond donors (Lipinski definition) is 2. The molecule has 2 fully saturated rings. The predicted molar refractivity (Wildman–Crippen MR) is 131 cm³/mol. The fourth-order valence-corrected chi connectivity index (χ4v) is 5.03. The zero-order valence-corrected chi connectivity index (χ0v) is 21.6. The Balaban J connectivity index is 1.32. The van der Waals surface area contributed by atoms with Crippen LogP contribution in [0.15, 0.2) is 42.6 Å². The number of nitrogens with one attached hydrogen (secondary N) is 2. The molecule has 2 saturated heterocycles. The van der Waals surface area contributed by atoms with E-state index in [0.29, 0.717) is 18.7 Å². The summed E-state index contributed by atoms with van der Waals surface area (Å²) in [5.41, 5.74) is -1.29. The quantitative estimate of drug-likeness (QED) is 0.443. The molecule has 8 nitrogen and oxygen atoms in total. The van der Waals surface area contributed by atoms with Gasteiger partial charge in [-0.25, -0.2) is 4.98 Å². The molecule has 0 spiro atoms. The van der Waals surface area contributed by atoms with E-state index in [1.807, 2.05) is 5.32 Å². The van der Waals surface area contributed by atoms with E-state index in [0.717, 1.165) is 25.0 Å². The molecule has 218 valence electrons. The van der Waals surface area contributed by atoms with Crippen molar-refractivity contribution in [2.24, 2.45) is 0 Å². The van der Waals surface area contributed by atoms with Gasteiger partial charge in [0, 0.05) is 24.3 Å². The van der Waals surface area contributed by atoms with E-state index in [1.165, 1.54) is 24.4 Å². The molecule has 2 amide bonds. The van der Waals surface area contributed by atoms with Crippen LogP contribution >= 0.6 is 0 Å². The maximum atomic E-state index is 13.1. The van der Waals surface area contributed by atoms with Crippen molar-refractivity contribution in [3.05, 3.63) is 48.2 Å². The van der Waals surface area contributed by atoms with Gasteiger partial charge in [0.2, 0.25) is 0 Å². The van der Waals surface area contributed by atoms with E-state index in [9.17, 15) is 35.9 Å². The summed E-state index contributed by atoms with van der Waals surface area (Å²) in [5, 5.41) is 4.83. The maximum Gasteiger partial charge on any atom is 0.573 e.